The summed E-state index contributed by atoms with van der Waals surface area (Å²) in [5.74, 6) is 2.03. The maximum absolute atomic E-state index is 6.88. The molecule has 0 amide bonds. The van der Waals surface area contributed by atoms with Gasteiger partial charge in [-0.3, -0.25) is 0 Å². The number of hydrogen-bond donors (Lipinski definition) is 0. The SMILES string of the molecule is C[Si](C)(C)[C]([Sn][Cl])(C1CCCCC1)C1CCCCC1. The van der Waals surface area contributed by atoms with Crippen LogP contribution in [0.4, 0.5) is 0 Å². The molecule has 0 unspecified atom stereocenters. The van der Waals surface area contributed by atoms with Crippen LogP contribution in [-0.2, 0) is 0 Å². The number of halogens is 1. The van der Waals surface area contributed by atoms with Crippen LogP contribution in [0.5, 0.6) is 0 Å². The molecule has 0 heterocycles. The van der Waals surface area contributed by atoms with Crippen molar-refractivity contribution in [2.24, 2.45) is 11.8 Å². The fraction of sp³-hybridized carbons (Fsp3) is 1.00. The molecule has 0 aromatic rings. The molecule has 2 radical (unpaired) electrons. The Morgan fingerprint density at radius 1 is 0.789 bits per heavy atom. The molecule has 2 saturated carbocycles. The normalized spacial score (nSPS) is 24.6. The summed E-state index contributed by atoms with van der Waals surface area (Å²) in [6.45, 7) is 7.91. The summed E-state index contributed by atoms with van der Waals surface area (Å²) in [6.07, 6.45) is 14.9. The van der Waals surface area contributed by atoms with Gasteiger partial charge in [-0.05, 0) is 0 Å². The van der Waals surface area contributed by atoms with Gasteiger partial charge in [0.2, 0.25) is 0 Å². The molecule has 2 aliphatic carbocycles. The summed E-state index contributed by atoms with van der Waals surface area (Å²) in [6, 6.07) is 0. The van der Waals surface area contributed by atoms with Crippen LogP contribution >= 0.6 is 8.92 Å². The second kappa shape index (κ2) is 7.04. The van der Waals surface area contributed by atoms with E-state index in [1.165, 1.54) is 64.2 Å². The second-order valence-electron chi connectivity index (χ2n) is 7.88. The third-order valence-electron chi connectivity index (χ3n) is 5.90. The van der Waals surface area contributed by atoms with E-state index < -0.39 is 28.1 Å². The van der Waals surface area contributed by atoms with Crippen LogP contribution in [0.3, 0.4) is 0 Å². The van der Waals surface area contributed by atoms with Crippen molar-refractivity contribution >= 4 is 37.0 Å². The fourth-order valence-corrected chi connectivity index (χ4v) is 21.0. The van der Waals surface area contributed by atoms with Crippen molar-refractivity contribution in [2.45, 2.75) is 86.9 Å². The van der Waals surface area contributed by atoms with Gasteiger partial charge in [0.15, 0.2) is 0 Å². The number of hydrogen-bond acceptors (Lipinski definition) is 0. The summed E-state index contributed by atoms with van der Waals surface area (Å²) >= 11 is -0.748. The van der Waals surface area contributed by atoms with Crippen molar-refractivity contribution < 1.29 is 0 Å². The van der Waals surface area contributed by atoms with Gasteiger partial charge in [0.25, 0.3) is 0 Å². The topological polar surface area (TPSA) is 0 Å². The summed E-state index contributed by atoms with van der Waals surface area (Å²) < 4.78 is 0.693. The molecule has 0 saturated heterocycles. The Balaban J connectivity index is 2.28. The van der Waals surface area contributed by atoms with Gasteiger partial charge in [0.1, 0.15) is 0 Å². The molecular weight excluding hydrogens is 374 g/mol. The van der Waals surface area contributed by atoms with Crippen LogP contribution in [0.15, 0.2) is 0 Å². The van der Waals surface area contributed by atoms with Crippen molar-refractivity contribution in [3.05, 3.63) is 0 Å². The first-order valence-electron chi connectivity index (χ1n) is 8.40. The van der Waals surface area contributed by atoms with Crippen molar-refractivity contribution in [1.29, 1.82) is 0 Å². The molecule has 110 valence electrons. The second-order valence-corrected chi connectivity index (χ2v) is 18.8. The predicted molar refractivity (Wildman–Crippen MR) is 90.8 cm³/mol. The Bertz CT molecular complexity index is 257. The van der Waals surface area contributed by atoms with Crippen molar-refractivity contribution in [3.8, 4) is 0 Å². The van der Waals surface area contributed by atoms with E-state index in [0.29, 0.717) is 3.05 Å². The zero-order valence-corrected chi connectivity index (χ0v) is 17.7. The zero-order chi connectivity index (χ0) is 13.9. The minimum atomic E-state index is -1.17. The molecular formula is C16H31ClSiSn. The standard InChI is InChI=1S/C16H31Si.ClH.Sn/c1-17(2,3)16(14-10-6-4-7-11-14)15-12-8-5-9-13-15;;/h14-15H,4-13H2,1-3H3;1H;/q;;+1/p-1. The first-order valence-corrected chi connectivity index (χ1v) is 16.9. The van der Waals surface area contributed by atoms with Crippen molar-refractivity contribution in [3.63, 3.8) is 0 Å². The van der Waals surface area contributed by atoms with Gasteiger partial charge >= 0.3 is 136 Å². The summed E-state index contributed by atoms with van der Waals surface area (Å²) in [5.41, 5.74) is 0. The van der Waals surface area contributed by atoms with E-state index in [-0.39, 0.29) is 0 Å². The van der Waals surface area contributed by atoms with E-state index in [1.807, 2.05) is 0 Å². The Kier molecular flexibility index (Phi) is 6.18. The molecule has 0 spiro atoms. The van der Waals surface area contributed by atoms with E-state index in [0.717, 1.165) is 11.8 Å². The minimum absolute atomic E-state index is 0.693. The Hall–Kier alpha value is 1.31. The quantitative estimate of drug-likeness (QED) is 0.500. The fourth-order valence-electron chi connectivity index (χ4n) is 4.97. The molecule has 3 heteroatoms. The molecule has 2 aliphatic rings. The van der Waals surface area contributed by atoms with E-state index in [2.05, 4.69) is 19.6 Å². The van der Waals surface area contributed by atoms with Gasteiger partial charge in [-0.25, -0.2) is 0 Å². The third-order valence-corrected chi connectivity index (χ3v) is 22.8. The van der Waals surface area contributed by atoms with E-state index in [4.69, 9.17) is 8.92 Å². The molecule has 0 bridgehead atoms. The van der Waals surface area contributed by atoms with E-state index >= 15 is 0 Å². The maximum atomic E-state index is 6.88. The average molecular weight is 406 g/mol. The first-order chi connectivity index (χ1) is 9.02. The van der Waals surface area contributed by atoms with Gasteiger partial charge in [-0.2, -0.15) is 0 Å². The summed E-state index contributed by atoms with van der Waals surface area (Å²) in [5, 5.41) is 0. The van der Waals surface area contributed by atoms with Gasteiger partial charge in [0.05, 0.1) is 0 Å². The average Bonchev–Trinajstić information content (AvgIpc) is 2.41. The Labute approximate surface area is 135 Å². The van der Waals surface area contributed by atoms with Gasteiger partial charge in [0, 0.05) is 0 Å². The van der Waals surface area contributed by atoms with Crippen LogP contribution in [0.25, 0.3) is 0 Å². The van der Waals surface area contributed by atoms with E-state index in [9.17, 15) is 0 Å². The molecule has 0 aliphatic heterocycles. The molecule has 2 rings (SSSR count). The summed E-state index contributed by atoms with van der Waals surface area (Å²) in [4.78, 5) is 0. The molecule has 2 fully saturated rings. The monoisotopic (exact) mass is 406 g/mol. The van der Waals surface area contributed by atoms with Gasteiger partial charge in [-0.1, -0.05) is 0 Å². The molecule has 0 nitrogen and oxygen atoms in total. The molecule has 19 heavy (non-hydrogen) atoms. The van der Waals surface area contributed by atoms with Crippen molar-refractivity contribution in [2.75, 3.05) is 0 Å². The first kappa shape index (κ1) is 16.7. The number of rotatable bonds is 4. The molecule has 0 atom stereocenters. The van der Waals surface area contributed by atoms with Crippen molar-refractivity contribution in [1.82, 2.24) is 0 Å². The van der Waals surface area contributed by atoms with E-state index in [1.54, 1.807) is 0 Å². The Morgan fingerprint density at radius 3 is 1.42 bits per heavy atom. The van der Waals surface area contributed by atoms with Crippen LogP contribution in [-0.4, -0.2) is 28.1 Å². The molecule has 0 N–H and O–H groups in total. The van der Waals surface area contributed by atoms with Crippen LogP contribution in [0.2, 0.25) is 22.7 Å². The molecule has 0 aromatic heterocycles. The third kappa shape index (κ3) is 3.39. The van der Waals surface area contributed by atoms with Gasteiger partial charge < -0.3 is 0 Å². The van der Waals surface area contributed by atoms with Crippen LogP contribution < -0.4 is 0 Å². The van der Waals surface area contributed by atoms with Gasteiger partial charge in [-0.15, -0.1) is 0 Å². The predicted octanol–water partition coefficient (Wildman–Crippen LogP) is 6.04. The van der Waals surface area contributed by atoms with Crippen LogP contribution in [0.1, 0.15) is 64.2 Å². The Morgan fingerprint density at radius 2 is 1.16 bits per heavy atom. The zero-order valence-electron chi connectivity index (χ0n) is 13.1. The summed E-state index contributed by atoms with van der Waals surface area (Å²) in [7, 11) is 5.71. The van der Waals surface area contributed by atoms with Crippen LogP contribution in [0, 0.1) is 11.8 Å². The molecule has 0 aromatic carbocycles.